The van der Waals surface area contributed by atoms with Crippen molar-refractivity contribution in [3.63, 3.8) is 0 Å². The minimum Gasteiger partial charge on any atom is -0.486 e. The van der Waals surface area contributed by atoms with Gasteiger partial charge >= 0.3 is 0 Å². The summed E-state index contributed by atoms with van der Waals surface area (Å²) >= 11 is 1.86. The maximum Gasteiger partial charge on any atom is 0.133 e. The Hall–Kier alpha value is -1.46. The highest BCUT2D eigenvalue weighted by atomic mass is 32.2. The van der Waals surface area contributed by atoms with Crippen molar-refractivity contribution in [3.05, 3.63) is 42.2 Å². The van der Waals surface area contributed by atoms with Crippen molar-refractivity contribution in [1.29, 1.82) is 0 Å². The second kappa shape index (κ2) is 5.89. The van der Waals surface area contributed by atoms with Gasteiger partial charge in [0, 0.05) is 23.9 Å². The lowest BCUT2D eigenvalue weighted by atomic mass is 10.1. The number of likely N-dealkylation sites (N-methyl/N-ethyl adjacent to an activating group) is 1. The minimum absolute atomic E-state index is 0.116. The van der Waals surface area contributed by atoms with E-state index >= 15 is 0 Å². The molecule has 2 aromatic rings. The molecule has 2 atom stereocenters. The SMILES string of the molecule is CCNC(c1ccnn1C)C1CSc2ccccc2O1. The maximum atomic E-state index is 6.20. The first kappa shape index (κ1) is 13.5. The maximum absolute atomic E-state index is 6.20. The average molecular weight is 289 g/mol. The van der Waals surface area contributed by atoms with Gasteiger partial charge in [0.2, 0.25) is 0 Å². The summed E-state index contributed by atoms with van der Waals surface area (Å²) in [6.07, 6.45) is 1.95. The smallest absolute Gasteiger partial charge is 0.133 e. The van der Waals surface area contributed by atoms with Crippen molar-refractivity contribution < 1.29 is 4.74 Å². The van der Waals surface area contributed by atoms with Crippen LogP contribution in [0.4, 0.5) is 0 Å². The van der Waals surface area contributed by atoms with E-state index in [4.69, 9.17) is 4.74 Å². The van der Waals surface area contributed by atoms with Gasteiger partial charge in [-0.1, -0.05) is 19.1 Å². The van der Waals surface area contributed by atoms with Crippen molar-refractivity contribution in [1.82, 2.24) is 15.1 Å². The fraction of sp³-hybridized carbons (Fsp3) is 0.400. The van der Waals surface area contributed by atoms with E-state index in [0.717, 1.165) is 23.7 Å². The summed E-state index contributed by atoms with van der Waals surface area (Å²) in [7, 11) is 1.98. The molecule has 1 N–H and O–H groups in total. The van der Waals surface area contributed by atoms with Crippen LogP contribution in [0.5, 0.6) is 5.75 Å². The third kappa shape index (κ3) is 2.55. The first-order valence-electron chi connectivity index (χ1n) is 6.89. The lowest BCUT2D eigenvalue weighted by Gasteiger charge is -2.32. The van der Waals surface area contributed by atoms with Gasteiger partial charge in [0.05, 0.1) is 11.7 Å². The zero-order valence-corrected chi connectivity index (χ0v) is 12.6. The highest BCUT2D eigenvalue weighted by molar-refractivity contribution is 7.99. The van der Waals surface area contributed by atoms with Gasteiger partial charge in [-0.15, -0.1) is 11.8 Å². The molecule has 4 nitrogen and oxygen atoms in total. The molecule has 1 aromatic carbocycles. The molecule has 0 amide bonds. The van der Waals surface area contributed by atoms with E-state index in [-0.39, 0.29) is 12.1 Å². The van der Waals surface area contributed by atoms with E-state index in [1.54, 1.807) is 0 Å². The molecule has 0 radical (unpaired) electrons. The number of hydrogen-bond acceptors (Lipinski definition) is 4. The first-order valence-corrected chi connectivity index (χ1v) is 7.88. The third-order valence-electron chi connectivity index (χ3n) is 3.50. The van der Waals surface area contributed by atoms with E-state index in [9.17, 15) is 0 Å². The molecule has 0 fully saturated rings. The highest BCUT2D eigenvalue weighted by Gasteiger charge is 2.30. The van der Waals surface area contributed by atoms with E-state index in [0.29, 0.717) is 0 Å². The molecule has 1 aliphatic rings. The first-order chi connectivity index (χ1) is 9.79. The summed E-state index contributed by atoms with van der Waals surface area (Å²) in [4.78, 5) is 1.23. The number of hydrogen-bond donors (Lipinski definition) is 1. The van der Waals surface area contributed by atoms with Crippen LogP contribution in [0.3, 0.4) is 0 Å². The van der Waals surface area contributed by atoms with Gasteiger partial charge < -0.3 is 10.1 Å². The number of rotatable bonds is 4. The van der Waals surface area contributed by atoms with Crippen LogP contribution >= 0.6 is 11.8 Å². The second-order valence-electron chi connectivity index (χ2n) is 4.83. The molecule has 2 heterocycles. The second-order valence-corrected chi connectivity index (χ2v) is 5.89. The van der Waals surface area contributed by atoms with E-state index in [1.807, 2.05) is 41.8 Å². The number of benzene rings is 1. The summed E-state index contributed by atoms with van der Waals surface area (Å²) in [6.45, 7) is 3.02. The quantitative estimate of drug-likeness (QED) is 0.939. The third-order valence-corrected chi connectivity index (χ3v) is 4.65. The van der Waals surface area contributed by atoms with Gasteiger partial charge in [-0.3, -0.25) is 4.68 Å². The predicted octanol–water partition coefficient (Wildman–Crippen LogP) is 2.62. The molecule has 0 aliphatic carbocycles. The van der Waals surface area contributed by atoms with Crippen molar-refractivity contribution in [2.75, 3.05) is 12.3 Å². The van der Waals surface area contributed by atoms with Gasteiger partial charge in [-0.2, -0.15) is 5.10 Å². The Morgan fingerprint density at radius 2 is 2.30 bits per heavy atom. The summed E-state index contributed by atoms with van der Waals surface area (Å²) < 4.78 is 8.12. The molecule has 3 rings (SSSR count). The Labute approximate surface area is 123 Å². The van der Waals surface area contributed by atoms with Crippen molar-refractivity contribution >= 4 is 11.8 Å². The van der Waals surface area contributed by atoms with Crippen LogP contribution in [0.1, 0.15) is 18.7 Å². The van der Waals surface area contributed by atoms with Crippen molar-refractivity contribution in [2.24, 2.45) is 7.05 Å². The van der Waals surface area contributed by atoms with Crippen molar-refractivity contribution in [3.8, 4) is 5.75 Å². The number of thioether (sulfide) groups is 1. The van der Waals surface area contributed by atoms with Gasteiger partial charge in [0.15, 0.2) is 0 Å². The largest absolute Gasteiger partial charge is 0.486 e. The Kier molecular flexibility index (Phi) is 3.98. The molecule has 106 valence electrons. The monoisotopic (exact) mass is 289 g/mol. The number of ether oxygens (including phenoxy) is 1. The molecule has 0 bridgehead atoms. The van der Waals surface area contributed by atoms with Gasteiger partial charge in [-0.05, 0) is 24.7 Å². The average Bonchev–Trinajstić information content (AvgIpc) is 2.90. The Bertz CT molecular complexity index is 584. The zero-order chi connectivity index (χ0) is 13.9. The van der Waals surface area contributed by atoms with Gasteiger partial charge in [0.1, 0.15) is 11.9 Å². The van der Waals surface area contributed by atoms with E-state index in [2.05, 4.69) is 35.5 Å². The highest BCUT2D eigenvalue weighted by Crippen LogP contribution is 2.38. The van der Waals surface area contributed by atoms with Crippen LogP contribution < -0.4 is 10.1 Å². The summed E-state index contributed by atoms with van der Waals surface area (Å²) in [5.41, 5.74) is 1.16. The number of para-hydroxylation sites is 1. The Balaban J connectivity index is 1.85. The van der Waals surface area contributed by atoms with Gasteiger partial charge in [0.25, 0.3) is 0 Å². The number of nitrogens with one attached hydrogen (secondary N) is 1. The standard InChI is InChI=1S/C15H19N3OS/c1-3-16-15(11-8-9-17-18(11)2)13-10-20-14-7-5-4-6-12(14)19-13/h4-9,13,15-16H,3,10H2,1-2H3. The zero-order valence-electron chi connectivity index (χ0n) is 11.7. The van der Waals surface area contributed by atoms with E-state index < -0.39 is 0 Å². The number of aromatic nitrogens is 2. The lowest BCUT2D eigenvalue weighted by molar-refractivity contribution is 0.163. The molecule has 0 spiro atoms. The number of nitrogens with zero attached hydrogens (tertiary/aromatic N) is 2. The van der Waals surface area contributed by atoms with E-state index in [1.165, 1.54) is 4.90 Å². The normalized spacial score (nSPS) is 19.2. The summed E-state index contributed by atoms with van der Waals surface area (Å²) in [5.74, 6) is 1.93. The molecule has 20 heavy (non-hydrogen) atoms. The Morgan fingerprint density at radius 1 is 1.45 bits per heavy atom. The van der Waals surface area contributed by atoms with Crippen molar-refractivity contribution in [2.45, 2.75) is 24.0 Å². The molecule has 2 unspecified atom stereocenters. The number of fused-ring (bicyclic) bond motifs is 1. The molecular weight excluding hydrogens is 270 g/mol. The minimum atomic E-state index is 0.116. The molecule has 1 aromatic heterocycles. The number of aryl methyl sites for hydroxylation is 1. The molecule has 5 heteroatoms. The fourth-order valence-electron chi connectivity index (χ4n) is 2.54. The van der Waals surface area contributed by atoms with Crippen LogP contribution in [0.15, 0.2) is 41.4 Å². The Morgan fingerprint density at radius 3 is 3.05 bits per heavy atom. The fourth-order valence-corrected chi connectivity index (χ4v) is 3.57. The van der Waals surface area contributed by atoms with Crippen LogP contribution in [0, 0.1) is 0 Å². The topological polar surface area (TPSA) is 39.1 Å². The lowest BCUT2D eigenvalue weighted by Crippen LogP contribution is -2.39. The van der Waals surface area contributed by atoms with Crippen LogP contribution in [0.25, 0.3) is 0 Å². The van der Waals surface area contributed by atoms with Gasteiger partial charge in [-0.25, -0.2) is 0 Å². The molecular formula is C15H19N3OS. The predicted molar refractivity (Wildman–Crippen MR) is 81.2 cm³/mol. The van der Waals surface area contributed by atoms with Crippen LogP contribution in [0.2, 0.25) is 0 Å². The summed E-state index contributed by atoms with van der Waals surface area (Å²) in [5, 5.41) is 7.80. The molecule has 1 aliphatic heterocycles. The molecule has 0 saturated carbocycles. The molecule has 0 saturated heterocycles. The summed E-state index contributed by atoms with van der Waals surface area (Å²) in [6, 6.07) is 10.4. The van der Waals surface area contributed by atoms with Crippen LogP contribution in [-0.4, -0.2) is 28.2 Å². The van der Waals surface area contributed by atoms with Crippen LogP contribution in [-0.2, 0) is 7.05 Å².